The molecule has 1 atom stereocenters. The van der Waals surface area contributed by atoms with Crippen molar-refractivity contribution in [2.45, 2.75) is 38.8 Å². The van der Waals surface area contributed by atoms with Gasteiger partial charge < -0.3 is 5.73 Å². The molecule has 0 spiro atoms. The smallest absolute Gasteiger partial charge is 0.328 e. The number of nitrogens with two attached hydrogens (primary N) is 1. The number of rotatable bonds is 5. The lowest BCUT2D eigenvalue weighted by Crippen LogP contribution is -2.21. The summed E-state index contributed by atoms with van der Waals surface area (Å²) in [6.07, 6.45) is 7.69. The number of aromatic nitrogens is 4. The summed E-state index contributed by atoms with van der Waals surface area (Å²) in [6, 6.07) is 0.219. The Kier molecular flexibility index (Phi) is 3.53. The molecule has 0 saturated carbocycles. The first-order valence-electron chi connectivity index (χ1n) is 5.83. The van der Waals surface area contributed by atoms with E-state index in [2.05, 4.69) is 10.1 Å². The topological polar surface area (TPSA) is 78.2 Å². The third-order valence-electron chi connectivity index (χ3n) is 2.67. The Morgan fingerprint density at radius 2 is 2.29 bits per heavy atom. The highest BCUT2D eigenvalue weighted by Gasteiger charge is 2.05. The van der Waals surface area contributed by atoms with Crippen LogP contribution >= 0.6 is 0 Å². The molecule has 2 aromatic rings. The molecule has 0 radical (unpaired) electrons. The first kappa shape index (κ1) is 11.8. The zero-order valence-electron chi connectivity index (χ0n) is 9.91. The van der Waals surface area contributed by atoms with E-state index in [-0.39, 0.29) is 11.7 Å². The first-order chi connectivity index (χ1) is 8.18. The minimum absolute atomic E-state index is 0.108. The highest BCUT2D eigenvalue weighted by atomic mass is 16.2. The zero-order valence-corrected chi connectivity index (χ0v) is 9.91. The molecule has 0 bridgehead atoms. The van der Waals surface area contributed by atoms with Gasteiger partial charge in [-0.1, -0.05) is 6.42 Å². The second-order valence-corrected chi connectivity index (χ2v) is 4.28. The number of nitrogens with zero attached hydrogens (tertiary/aromatic N) is 4. The monoisotopic (exact) mass is 235 g/mol. The Bertz CT molecular complexity index is 542. The summed E-state index contributed by atoms with van der Waals surface area (Å²) in [5.41, 5.74) is 6.15. The zero-order chi connectivity index (χ0) is 12.3. The second kappa shape index (κ2) is 5.09. The van der Waals surface area contributed by atoms with E-state index in [1.54, 1.807) is 18.6 Å². The van der Waals surface area contributed by atoms with Crippen molar-refractivity contribution in [2.75, 3.05) is 0 Å². The molecule has 0 amide bonds. The third kappa shape index (κ3) is 2.71. The van der Waals surface area contributed by atoms with Gasteiger partial charge in [-0.2, -0.15) is 0 Å². The van der Waals surface area contributed by atoms with Gasteiger partial charge in [0.15, 0.2) is 5.65 Å². The van der Waals surface area contributed by atoms with Crippen LogP contribution in [0.1, 0.15) is 26.2 Å². The molecule has 2 heterocycles. The average Bonchev–Trinajstić information content (AvgIpc) is 2.63. The van der Waals surface area contributed by atoms with Gasteiger partial charge in [-0.25, -0.2) is 13.9 Å². The van der Waals surface area contributed by atoms with E-state index in [0.29, 0.717) is 12.2 Å². The lowest BCUT2D eigenvalue weighted by atomic mass is 10.1. The van der Waals surface area contributed by atoms with Crippen molar-refractivity contribution < 1.29 is 0 Å². The van der Waals surface area contributed by atoms with E-state index in [1.807, 2.05) is 6.92 Å². The van der Waals surface area contributed by atoms with Crippen LogP contribution in [0.5, 0.6) is 0 Å². The van der Waals surface area contributed by atoms with Gasteiger partial charge in [-0.3, -0.25) is 4.98 Å². The summed E-state index contributed by atoms with van der Waals surface area (Å²) in [5, 5.41) is 4.20. The number of unbranched alkanes of at least 4 members (excludes halogenated alkanes) is 1. The second-order valence-electron chi connectivity index (χ2n) is 4.28. The molecule has 2 N–H and O–H groups in total. The molecule has 2 aromatic heterocycles. The van der Waals surface area contributed by atoms with Gasteiger partial charge in [0.25, 0.3) is 0 Å². The van der Waals surface area contributed by atoms with Crippen LogP contribution in [-0.4, -0.2) is 25.2 Å². The van der Waals surface area contributed by atoms with Crippen LogP contribution in [0.25, 0.3) is 5.65 Å². The van der Waals surface area contributed by atoms with Crippen LogP contribution in [0.4, 0.5) is 0 Å². The molecule has 0 aliphatic carbocycles. The minimum Gasteiger partial charge on any atom is -0.328 e. The summed E-state index contributed by atoms with van der Waals surface area (Å²) >= 11 is 0. The Balaban J connectivity index is 2.04. The fourth-order valence-electron chi connectivity index (χ4n) is 1.75. The number of fused-ring (bicyclic) bond motifs is 1. The highest BCUT2D eigenvalue weighted by Crippen LogP contribution is 2.00. The summed E-state index contributed by atoms with van der Waals surface area (Å²) in [5.74, 6) is 0. The molecule has 6 nitrogen and oxygen atoms in total. The normalized spacial score (nSPS) is 13.1. The van der Waals surface area contributed by atoms with Crippen LogP contribution in [0, 0.1) is 0 Å². The van der Waals surface area contributed by atoms with Crippen molar-refractivity contribution in [2.24, 2.45) is 5.73 Å². The Labute approximate surface area is 99.1 Å². The lowest BCUT2D eigenvalue weighted by Gasteiger charge is -2.03. The summed E-state index contributed by atoms with van der Waals surface area (Å²) in [7, 11) is 0. The molecular formula is C11H17N5O. The molecular weight excluding hydrogens is 218 g/mol. The molecule has 0 saturated heterocycles. The van der Waals surface area contributed by atoms with E-state index in [1.165, 1.54) is 9.08 Å². The van der Waals surface area contributed by atoms with Gasteiger partial charge in [0.1, 0.15) is 0 Å². The van der Waals surface area contributed by atoms with E-state index in [0.717, 1.165) is 19.3 Å². The van der Waals surface area contributed by atoms with E-state index >= 15 is 0 Å². The Morgan fingerprint density at radius 3 is 3.00 bits per heavy atom. The highest BCUT2D eigenvalue weighted by molar-refractivity contribution is 5.31. The van der Waals surface area contributed by atoms with Crippen LogP contribution in [0.3, 0.4) is 0 Å². The number of aryl methyl sites for hydroxylation is 1. The van der Waals surface area contributed by atoms with Crippen molar-refractivity contribution >= 4 is 5.65 Å². The molecule has 0 aliphatic heterocycles. The summed E-state index contributed by atoms with van der Waals surface area (Å²) < 4.78 is 2.98. The van der Waals surface area contributed by atoms with Crippen LogP contribution in [0.15, 0.2) is 23.4 Å². The Morgan fingerprint density at radius 1 is 1.47 bits per heavy atom. The molecule has 6 heteroatoms. The third-order valence-corrected chi connectivity index (χ3v) is 2.67. The van der Waals surface area contributed by atoms with Gasteiger partial charge in [0, 0.05) is 25.0 Å². The molecule has 0 fully saturated rings. The summed E-state index contributed by atoms with van der Waals surface area (Å²) in [4.78, 5) is 15.8. The van der Waals surface area contributed by atoms with Crippen molar-refractivity contribution in [3.05, 3.63) is 29.1 Å². The lowest BCUT2D eigenvalue weighted by molar-refractivity contribution is 0.511. The molecule has 1 unspecified atom stereocenters. The van der Waals surface area contributed by atoms with E-state index < -0.39 is 0 Å². The van der Waals surface area contributed by atoms with Crippen molar-refractivity contribution in [3.63, 3.8) is 0 Å². The fourth-order valence-corrected chi connectivity index (χ4v) is 1.75. The standard InChI is InChI=1S/C11H17N5O/c1-9(12)4-2-3-6-16-11(17)15-7-5-13-8-10(15)14-16/h5,7-9H,2-4,6,12H2,1H3. The van der Waals surface area contributed by atoms with Gasteiger partial charge in [-0.15, -0.1) is 5.10 Å². The van der Waals surface area contributed by atoms with Crippen LogP contribution in [0.2, 0.25) is 0 Å². The maximum Gasteiger partial charge on any atom is 0.350 e. The predicted octanol–water partition coefficient (Wildman–Crippen LogP) is 0.408. The minimum atomic E-state index is -0.108. The summed E-state index contributed by atoms with van der Waals surface area (Å²) in [6.45, 7) is 2.62. The quantitative estimate of drug-likeness (QED) is 0.761. The van der Waals surface area contributed by atoms with E-state index in [9.17, 15) is 4.79 Å². The molecule has 0 aliphatic rings. The van der Waals surface area contributed by atoms with Gasteiger partial charge >= 0.3 is 5.69 Å². The predicted molar refractivity (Wildman–Crippen MR) is 64.7 cm³/mol. The van der Waals surface area contributed by atoms with Gasteiger partial charge in [0.2, 0.25) is 0 Å². The largest absolute Gasteiger partial charge is 0.350 e. The molecule has 0 aromatic carbocycles. The van der Waals surface area contributed by atoms with Crippen molar-refractivity contribution in [3.8, 4) is 0 Å². The SMILES string of the molecule is CC(N)CCCCn1nc2cnccn2c1=O. The molecule has 2 rings (SSSR count). The van der Waals surface area contributed by atoms with Crippen molar-refractivity contribution in [1.29, 1.82) is 0 Å². The molecule has 92 valence electrons. The Hall–Kier alpha value is -1.69. The van der Waals surface area contributed by atoms with Crippen LogP contribution in [-0.2, 0) is 6.54 Å². The van der Waals surface area contributed by atoms with Crippen LogP contribution < -0.4 is 11.4 Å². The van der Waals surface area contributed by atoms with Crippen molar-refractivity contribution in [1.82, 2.24) is 19.2 Å². The van der Waals surface area contributed by atoms with E-state index in [4.69, 9.17) is 5.73 Å². The van der Waals surface area contributed by atoms with Gasteiger partial charge in [-0.05, 0) is 19.8 Å². The first-order valence-corrected chi connectivity index (χ1v) is 5.83. The fraction of sp³-hybridized carbons (Fsp3) is 0.545. The number of hydrogen-bond donors (Lipinski definition) is 1. The van der Waals surface area contributed by atoms with Gasteiger partial charge in [0.05, 0.1) is 6.20 Å². The average molecular weight is 235 g/mol. The maximum absolute atomic E-state index is 11.9. The molecule has 17 heavy (non-hydrogen) atoms. The number of hydrogen-bond acceptors (Lipinski definition) is 4. The maximum atomic E-state index is 11.9.